The van der Waals surface area contributed by atoms with Crippen LogP contribution in [0.4, 0.5) is 0 Å². The van der Waals surface area contributed by atoms with Crippen molar-refractivity contribution in [2.45, 2.75) is 19.1 Å². The Kier molecular flexibility index (Phi) is 4.81. The van der Waals surface area contributed by atoms with Crippen LogP contribution in [0.2, 0.25) is 0 Å². The van der Waals surface area contributed by atoms with Crippen LogP contribution in [-0.4, -0.2) is 11.7 Å². The summed E-state index contributed by atoms with van der Waals surface area (Å²) in [7, 11) is 0. The molecule has 0 radical (unpaired) electrons. The molecule has 2 rings (SSSR count). The maximum Gasteiger partial charge on any atom is 0.124 e. The van der Waals surface area contributed by atoms with E-state index in [0.29, 0.717) is 12.3 Å². The molecule has 2 aromatic carbocycles. The number of benzene rings is 2. The van der Waals surface area contributed by atoms with Crippen LogP contribution in [0, 0.1) is 0 Å². The van der Waals surface area contributed by atoms with Gasteiger partial charge in [0.2, 0.25) is 0 Å². The fourth-order valence-electron chi connectivity index (χ4n) is 1.95. The van der Waals surface area contributed by atoms with Crippen LogP contribution in [0.1, 0.15) is 18.1 Å². The minimum Gasteiger partial charge on any atom is -0.490 e. The van der Waals surface area contributed by atoms with Gasteiger partial charge in [0.1, 0.15) is 18.0 Å². The lowest BCUT2D eigenvalue weighted by molar-refractivity contribution is 0.00731. The molecular formula is C16H18BrNO2. The second-order valence-corrected chi connectivity index (χ2v) is 5.80. The fourth-order valence-corrected chi connectivity index (χ4v) is 2.36. The van der Waals surface area contributed by atoms with E-state index < -0.39 is 5.60 Å². The van der Waals surface area contributed by atoms with Crippen molar-refractivity contribution < 1.29 is 9.84 Å². The van der Waals surface area contributed by atoms with Gasteiger partial charge in [-0.25, -0.2) is 0 Å². The molecule has 0 bridgehead atoms. The first kappa shape index (κ1) is 15.0. The molecule has 0 aromatic heterocycles. The SMILES string of the molecule is CC(O)(COc1ccc(Br)cc1CN)c1ccccc1. The third-order valence-corrected chi connectivity index (χ3v) is 3.64. The second kappa shape index (κ2) is 6.39. The average molecular weight is 336 g/mol. The van der Waals surface area contributed by atoms with Crippen molar-refractivity contribution in [3.63, 3.8) is 0 Å². The standard InChI is InChI=1S/C16H18BrNO2/c1-16(19,13-5-3-2-4-6-13)11-20-15-8-7-14(17)9-12(15)10-18/h2-9,19H,10-11,18H2,1H3. The zero-order valence-electron chi connectivity index (χ0n) is 11.3. The molecule has 0 aliphatic heterocycles. The van der Waals surface area contributed by atoms with Crippen LogP contribution in [-0.2, 0) is 12.1 Å². The van der Waals surface area contributed by atoms with Crippen LogP contribution in [0.15, 0.2) is 53.0 Å². The van der Waals surface area contributed by atoms with Gasteiger partial charge in [-0.1, -0.05) is 46.3 Å². The number of hydrogen-bond acceptors (Lipinski definition) is 3. The van der Waals surface area contributed by atoms with Gasteiger partial charge in [-0.3, -0.25) is 0 Å². The summed E-state index contributed by atoms with van der Waals surface area (Å²) in [6.45, 7) is 2.30. The van der Waals surface area contributed by atoms with Crippen LogP contribution in [0.3, 0.4) is 0 Å². The monoisotopic (exact) mass is 335 g/mol. The van der Waals surface area contributed by atoms with Crippen molar-refractivity contribution in [1.29, 1.82) is 0 Å². The van der Waals surface area contributed by atoms with Crippen molar-refractivity contribution in [1.82, 2.24) is 0 Å². The van der Waals surface area contributed by atoms with E-state index in [1.165, 1.54) is 0 Å². The highest BCUT2D eigenvalue weighted by Crippen LogP contribution is 2.26. The van der Waals surface area contributed by atoms with Gasteiger partial charge in [0.25, 0.3) is 0 Å². The van der Waals surface area contributed by atoms with Crippen LogP contribution >= 0.6 is 15.9 Å². The highest BCUT2D eigenvalue weighted by Gasteiger charge is 2.24. The average Bonchev–Trinajstić information content (AvgIpc) is 2.46. The van der Waals surface area contributed by atoms with E-state index >= 15 is 0 Å². The Morgan fingerprint density at radius 3 is 2.55 bits per heavy atom. The summed E-state index contributed by atoms with van der Waals surface area (Å²) >= 11 is 3.40. The smallest absolute Gasteiger partial charge is 0.124 e. The summed E-state index contributed by atoms with van der Waals surface area (Å²) in [5.41, 5.74) is 6.40. The van der Waals surface area contributed by atoms with E-state index in [0.717, 1.165) is 15.6 Å². The first-order valence-corrected chi connectivity index (χ1v) is 7.21. The molecule has 106 valence electrons. The molecule has 3 N–H and O–H groups in total. The number of aliphatic hydroxyl groups is 1. The van der Waals surface area contributed by atoms with Crippen molar-refractivity contribution in [3.8, 4) is 5.75 Å². The Morgan fingerprint density at radius 1 is 1.20 bits per heavy atom. The van der Waals surface area contributed by atoms with Crippen molar-refractivity contribution in [2.75, 3.05) is 6.61 Å². The van der Waals surface area contributed by atoms with E-state index in [4.69, 9.17) is 10.5 Å². The Bertz CT molecular complexity index is 570. The largest absolute Gasteiger partial charge is 0.490 e. The van der Waals surface area contributed by atoms with Gasteiger partial charge < -0.3 is 15.6 Å². The first-order valence-electron chi connectivity index (χ1n) is 6.42. The summed E-state index contributed by atoms with van der Waals surface area (Å²) in [5, 5.41) is 10.5. The zero-order chi connectivity index (χ0) is 14.6. The highest BCUT2D eigenvalue weighted by molar-refractivity contribution is 9.10. The number of nitrogens with two attached hydrogens (primary N) is 1. The molecule has 0 heterocycles. The minimum absolute atomic E-state index is 0.172. The summed E-state index contributed by atoms with van der Waals surface area (Å²) in [5.74, 6) is 0.701. The van der Waals surface area contributed by atoms with Gasteiger partial charge >= 0.3 is 0 Å². The Balaban J connectivity index is 2.12. The highest BCUT2D eigenvalue weighted by atomic mass is 79.9. The predicted octanol–water partition coefficient (Wildman–Crippen LogP) is 3.19. The zero-order valence-corrected chi connectivity index (χ0v) is 12.9. The molecule has 2 aromatic rings. The predicted molar refractivity (Wildman–Crippen MR) is 83.5 cm³/mol. The molecular weight excluding hydrogens is 318 g/mol. The number of rotatable bonds is 5. The minimum atomic E-state index is -1.04. The lowest BCUT2D eigenvalue weighted by Crippen LogP contribution is -2.29. The van der Waals surface area contributed by atoms with Crippen molar-refractivity contribution in [3.05, 3.63) is 64.1 Å². The van der Waals surface area contributed by atoms with E-state index in [1.54, 1.807) is 6.92 Å². The summed E-state index contributed by atoms with van der Waals surface area (Å²) in [4.78, 5) is 0. The van der Waals surface area contributed by atoms with E-state index in [1.807, 2.05) is 48.5 Å². The first-order chi connectivity index (χ1) is 9.53. The molecule has 0 fully saturated rings. The third-order valence-electron chi connectivity index (χ3n) is 3.15. The Hall–Kier alpha value is -1.36. The normalized spacial score (nSPS) is 13.8. The summed E-state index contributed by atoms with van der Waals surface area (Å²) < 4.78 is 6.71. The molecule has 3 nitrogen and oxygen atoms in total. The van der Waals surface area contributed by atoms with Crippen LogP contribution in [0.25, 0.3) is 0 Å². The summed E-state index contributed by atoms with van der Waals surface area (Å²) in [6.07, 6.45) is 0. The number of halogens is 1. The molecule has 0 saturated heterocycles. The maximum absolute atomic E-state index is 10.5. The molecule has 20 heavy (non-hydrogen) atoms. The second-order valence-electron chi connectivity index (χ2n) is 4.88. The molecule has 0 amide bonds. The quantitative estimate of drug-likeness (QED) is 0.882. The van der Waals surface area contributed by atoms with Crippen LogP contribution < -0.4 is 10.5 Å². The fraction of sp³-hybridized carbons (Fsp3) is 0.250. The molecule has 4 heteroatoms. The molecule has 1 unspecified atom stereocenters. The van der Waals surface area contributed by atoms with Crippen molar-refractivity contribution >= 4 is 15.9 Å². The maximum atomic E-state index is 10.5. The van der Waals surface area contributed by atoms with Crippen LogP contribution in [0.5, 0.6) is 5.75 Å². The molecule has 0 saturated carbocycles. The molecule has 1 atom stereocenters. The van der Waals surface area contributed by atoms with Gasteiger partial charge in [0.15, 0.2) is 0 Å². The van der Waals surface area contributed by atoms with E-state index in [-0.39, 0.29) is 6.61 Å². The van der Waals surface area contributed by atoms with Gasteiger partial charge in [0.05, 0.1) is 0 Å². The third kappa shape index (κ3) is 3.60. The number of hydrogen-bond donors (Lipinski definition) is 2. The molecule has 0 aliphatic carbocycles. The molecule has 0 spiro atoms. The number of ether oxygens (including phenoxy) is 1. The molecule has 0 aliphatic rings. The van der Waals surface area contributed by atoms with E-state index in [2.05, 4.69) is 15.9 Å². The topological polar surface area (TPSA) is 55.5 Å². The van der Waals surface area contributed by atoms with Gasteiger partial charge in [-0.2, -0.15) is 0 Å². The lowest BCUT2D eigenvalue weighted by Gasteiger charge is -2.24. The Labute approximate surface area is 127 Å². The van der Waals surface area contributed by atoms with Crippen molar-refractivity contribution in [2.24, 2.45) is 5.73 Å². The lowest BCUT2D eigenvalue weighted by atomic mass is 9.97. The van der Waals surface area contributed by atoms with Gasteiger partial charge in [0, 0.05) is 16.6 Å². The summed E-state index contributed by atoms with van der Waals surface area (Å²) in [6, 6.07) is 15.2. The van der Waals surface area contributed by atoms with Gasteiger partial charge in [-0.05, 0) is 30.7 Å². The van der Waals surface area contributed by atoms with E-state index in [9.17, 15) is 5.11 Å². The Morgan fingerprint density at radius 2 is 1.90 bits per heavy atom. The van der Waals surface area contributed by atoms with Gasteiger partial charge in [-0.15, -0.1) is 0 Å².